The van der Waals surface area contributed by atoms with Gasteiger partial charge in [-0.15, -0.1) is 0 Å². The number of rotatable bonds is 5. The van der Waals surface area contributed by atoms with E-state index in [4.69, 9.17) is 50.8 Å². The third kappa shape index (κ3) is 5.58. The molecule has 5 rings (SSSR count). The predicted molar refractivity (Wildman–Crippen MR) is 147 cm³/mol. The van der Waals surface area contributed by atoms with E-state index < -0.39 is 0 Å². The zero-order chi connectivity index (χ0) is 24.4. The van der Waals surface area contributed by atoms with Crippen LogP contribution in [-0.2, 0) is 0 Å². The molecule has 8 heteroatoms. The number of oxazole rings is 1. The fourth-order valence-electron chi connectivity index (χ4n) is 3.31. The van der Waals surface area contributed by atoms with Gasteiger partial charge in [0.15, 0.2) is 5.58 Å². The van der Waals surface area contributed by atoms with Gasteiger partial charge in [-0.25, -0.2) is 4.98 Å². The highest BCUT2D eigenvalue weighted by Gasteiger charge is 2.09. The van der Waals surface area contributed by atoms with E-state index in [1.54, 1.807) is 36.7 Å². The van der Waals surface area contributed by atoms with E-state index in [9.17, 15) is 0 Å². The molecule has 172 valence electrons. The molecule has 0 fully saturated rings. The maximum Gasteiger partial charge on any atom is 0.227 e. The van der Waals surface area contributed by atoms with E-state index in [0.717, 1.165) is 28.1 Å². The smallest absolute Gasteiger partial charge is 0.227 e. The Hall–Kier alpha value is -3.15. The zero-order valence-corrected chi connectivity index (χ0v) is 20.9. The number of fused-ring (bicyclic) bond motifs is 1. The molecule has 1 aromatic heterocycles. The second kappa shape index (κ2) is 10.2. The maximum atomic E-state index is 6.21. The highest BCUT2D eigenvalue weighted by molar-refractivity contribution is 6.36. The summed E-state index contributed by atoms with van der Waals surface area (Å²) in [6.07, 6.45) is 3.39. The number of hydrogen-bond donors (Lipinski definition) is 0. The summed E-state index contributed by atoms with van der Waals surface area (Å²) in [5.41, 5.74) is 5.28. The summed E-state index contributed by atoms with van der Waals surface area (Å²) in [4.78, 5) is 13.6. The Morgan fingerprint density at radius 1 is 0.629 bits per heavy atom. The van der Waals surface area contributed by atoms with Gasteiger partial charge in [0.05, 0.1) is 21.4 Å². The molecule has 0 amide bonds. The Bertz CT molecular complexity index is 1590. The number of halogens is 4. The van der Waals surface area contributed by atoms with Crippen LogP contribution in [0.25, 0.3) is 22.6 Å². The van der Waals surface area contributed by atoms with Crippen molar-refractivity contribution in [2.75, 3.05) is 0 Å². The molecule has 4 nitrogen and oxygen atoms in total. The van der Waals surface area contributed by atoms with Gasteiger partial charge in [-0.1, -0.05) is 58.5 Å². The Kier molecular flexibility index (Phi) is 6.89. The summed E-state index contributed by atoms with van der Waals surface area (Å²) in [7, 11) is 0. The third-order valence-electron chi connectivity index (χ3n) is 5.12. The zero-order valence-electron chi connectivity index (χ0n) is 17.9. The number of aromatic nitrogens is 1. The molecule has 0 spiro atoms. The monoisotopic (exact) mass is 537 g/mol. The first-order chi connectivity index (χ1) is 16.9. The fraction of sp³-hybridized carbons (Fsp3) is 0. The van der Waals surface area contributed by atoms with Gasteiger partial charge in [-0.3, -0.25) is 9.98 Å². The van der Waals surface area contributed by atoms with Crippen molar-refractivity contribution >= 4 is 81.3 Å². The molecule has 0 aliphatic heterocycles. The largest absolute Gasteiger partial charge is 0.436 e. The number of aliphatic imine (C=N–C) groups is 2. The number of nitrogens with zero attached hydrogens (tertiary/aromatic N) is 3. The molecule has 0 radical (unpaired) electrons. The van der Waals surface area contributed by atoms with Crippen LogP contribution in [0.15, 0.2) is 93.3 Å². The summed E-state index contributed by atoms with van der Waals surface area (Å²) in [5, 5.41) is 2.24. The summed E-state index contributed by atoms with van der Waals surface area (Å²) in [6, 6.07) is 23.7. The van der Waals surface area contributed by atoms with Gasteiger partial charge < -0.3 is 4.42 Å². The minimum Gasteiger partial charge on any atom is -0.436 e. The van der Waals surface area contributed by atoms with Crippen molar-refractivity contribution in [1.82, 2.24) is 4.98 Å². The lowest BCUT2D eigenvalue weighted by Crippen LogP contribution is -1.82. The normalized spacial score (nSPS) is 11.8. The first-order valence-electron chi connectivity index (χ1n) is 10.4. The van der Waals surface area contributed by atoms with Gasteiger partial charge in [0, 0.05) is 39.2 Å². The summed E-state index contributed by atoms with van der Waals surface area (Å²) < 4.78 is 5.93. The molecular weight excluding hydrogens is 524 g/mol. The molecule has 0 saturated carbocycles. The van der Waals surface area contributed by atoms with Gasteiger partial charge in [-0.05, 0) is 66.7 Å². The van der Waals surface area contributed by atoms with Crippen LogP contribution < -0.4 is 0 Å². The van der Waals surface area contributed by atoms with E-state index in [-0.39, 0.29) is 0 Å². The molecule has 0 aliphatic carbocycles. The number of benzene rings is 4. The third-order valence-corrected chi connectivity index (χ3v) is 6.24. The molecule has 0 unspecified atom stereocenters. The van der Waals surface area contributed by atoms with Crippen LogP contribution in [0, 0.1) is 0 Å². The molecule has 0 N–H and O–H groups in total. The van der Waals surface area contributed by atoms with Crippen LogP contribution in [0.2, 0.25) is 20.1 Å². The van der Waals surface area contributed by atoms with Crippen LogP contribution in [0.3, 0.4) is 0 Å². The minimum atomic E-state index is 0.512. The van der Waals surface area contributed by atoms with Gasteiger partial charge in [0.2, 0.25) is 5.89 Å². The van der Waals surface area contributed by atoms with Gasteiger partial charge in [0.1, 0.15) is 5.52 Å². The molecule has 0 atom stereocenters. The Balaban J connectivity index is 1.34. The highest BCUT2D eigenvalue weighted by atomic mass is 35.5. The van der Waals surface area contributed by atoms with E-state index in [1.165, 1.54) is 0 Å². The van der Waals surface area contributed by atoms with E-state index in [0.29, 0.717) is 37.1 Å². The average Bonchev–Trinajstić information content (AvgIpc) is 3.27. The molecule has 1 heterocycles. The quantitative estimate of drug-likeness (QED) is 0.209. The van der Waals surface area contributed by atoms with Crippen molar-refractivity contribution in [2.24, 2.45) is 9.98 Å². The van der Waals surface area contributed by atoms with E-state index in [1.807, 2.05) is 54.6 Å². The topological polar surface area (TPSA) is 50.8 Å². The second-order valence-electron chi connectivity index (χ2n) is 7.57. The summed E-state index contributed by atoms with van der Waals surface area (Å²) in [5.74, 6) is 0.512. The minimum absolute atomic E-state index is 0.512. The summed E-state index contributed by atoms with van der Waals surface area (Å²) in [6.45, 7) is 0. The second-order valence-corrected chi connectivity index (χ2v) is 9.25. The van der Waals surface area contributed by atoms with Crippen LogP contribution >= 0.6 is 46.4 Å². The summed E-state index contributed by atoms with van der Waals surface area (Å²) >= 11 is 24.3. The van der Waals surface area contributed by atoms with Crippen molar-refractivity contribution in [1.29, 1.82) is 0 Å². The van der Waals surface area contributed by atoms with Crippen LogP contribution in [0.4, 0.5) is 11.4 Å². The van der Waals surface area contributed by atoms with Crippen LogP contribution in [0.1, 0.15) is 11.1 Å². The lowest BCUT2D eigenvalue weighted by Gasteiger charge is -1.99. The molecule has 0 aliphatic rings. The van der Waals surface area contributed by atoms with Gasteiger partial charge in [-0.2, -0.15) is 0 Å². The van der Waals surface area contributed by atoms with Gasteiger partial charge >= 0.3 is 0 Å². The first-order valence-corrected chi connectivity index (χ1v) is 11.9. The van der Waals surface area contributed by atoms with Crippen LogP contribution in [0.5, 0.6) is 0 Å². The number of hydrogen-bond acceptors (Lipinski definition) is 4. The van der Waals surface area contributed by atoms with Crippen molar-refractivity contribution in [3.63, 3.8) is 0 Å². The van der Waals surface area contributed by atoms with Crippen molar-refractivity contribution in [3.05, 3.63) is 110 Å². The van der Waals surface area contributed by atoms with Gasteiger partial charge in [0.25, 0.3) is 0 Å². The Morgan fingerprint density at radius 3 is 1.80 bits per heavy atom. The maximum absolute atomic E-state index is 6.21. The van der Waals surface area contributed by atoms with Crippen molar-refractivity contribution < 1.29 is 4.42 Å². The average molecular weight is 539 g/mol. The predicted octanol–water partition coefficient (Wildman–Crippen LogP) is 9.61. The van der Waals surface area contributed by atoms with Crippen molar-refractivity contribution in [2.45, 2.75) is 0 Å². The lowest BCUT2D eigenvalue weighted by atomic mass is 10.2. The fourth-order valence-corrected chi connectivity index (χ4v) is 4.22. The van der Waals surface area contributed by atoms with Crippen molar-refractivity contribution in [3.8, 4) is 11.5 Å². The molecular formula is C27H15Cl4N3O. The Morgan fingerprint density at radius 2 is 1.20 bits per heavy atom. The molecule has 4 aromatic carbocycles. The van der Waals surface area contributed by atoms with E-state index in [2.05, 4.69) is 15.0 Å². The first kappa shape index (κ1) is 23.6. The lowest BCUT2D eigenvalue weighted by molar-refractivity contribution is 0.620. The van der Waals surface area contributed by atoms with E-state index >= 15 is 0 Å². The SMILES string of the molecule is Clc1ccc(C=Nc2ccc(-c3nc4cc(N=Cc5ccc(Cl)cc5Cl)ccc4o3)cc2)c(Cl)c1. The molecule has 0 bridgehead atoms. The highest BCUT2D eigenvalue weighted by Crippen LogP contribution is 2.29. The Labute approximate surface area is 221 Å². The molecule has 5 aromatic rings. The van der Waals surface area contributed by atoms with Crippen LogP contribution in [-0.4, -0.2) is 17.4 Å². The standard InChI is InChI=1S/C27H15Cl4N3O/c28-19-5-1-17(23(30)11-19)14-32-21-7-3-16(4-8-21)27-34-25-13-22(9-10-26(25)35-27)33-15-18-2-6-20(29)12-24(18)31/h1-15H. The molecule has 35 heavy (non-hydrogen) atoms. The molecule has 0 saturated heterocycles.